The fourth-order valence-electron chi connectivity index (χ4n) is 1.61. The molecule has 9 heteroatoms. The van der Waals surface area contributed by atoms with Crippen molar-refractivity contribution in [2.24, 2.45) is 0 Å². The van der Waals surface area contributed by atoms with Gasteiger partial charge < -0.3 is 4.74 Å². The molecular weight excluding hydrogens is 308 g/mol. The van der Waals surface area contributed by atoms with Gasteiger partial charge in [-0.25, -0.2) is 0 Å². The van der Waals surface area contributed by atoms with Gasteiger partial charge in [0.1, 0.15) is 5.01 Å². The van der Waals surface area contributed by atoms with E-state index in [9.17, 15) is 14.9 Å². The van der Waals surface area contributed by atoms with Crippen molar-refractivity contribution in [2.45, 2.75) is 26.4 Å². The Labute approximate surface area is 130 Å². The maximum absolute atomic E-state index is 12.0. The Kier molecular flexibility index (Phi) is 4.99. The Morgan fingerprint density at radius 3 is 2.82 bits per heavy atom. The monoisotopic (exact) mass is 322 g/mol. The van der Waals surface area contributed by atoms with E-state index in [2.05, 4.69) is 15.5 Å². The molecule has 1 aromatic carbocycles. The number of carbonyl (C=O) groups excluding carboxylic acids is 1. The van der Waals surface area contributed by atoms with Gasteiger partial charge in [-0.1, -0.05) is 30.4 Å². The van der Waals surface area contributed by atoms with Crippen molar-refractivity contribution in [2.75, 3.05) is 5.32 Å². The number of hydrogen-bond donors (Lipinski definition) is 1. The van der Waals surface area contributed by atoms with Crippen LogP contribution in [0.2, 0.25) is 0 Å². The van der Waals surface area contributed by atoms with Crippen molar-refractivity contribution in [1.29, 1.82) is 0 Å². The molecular formula is C13H14N4O4S. The molecule has 1 N–H and O–H groups in total. The summed E-state index contributed by atoms with van der Waals surface area (Å²) in [4.78, 5) is 22.4. The van der Waals surface area contributed by atoms with Gasteiger partial charge in [0.05, 0.1) is 4.92 Å². The first kappa shape index (κ1) is 15.8. The zero-order valence-corrected chi connectivity index (χ0v) is 12.8. The predicted molar refractivity (Wildman–Crippen MR) is 81.1 cm³/mol. The molecule has 0 bridgehead atoms. The van der Waals surface area contributed by atoms with Crippen LogP contribution in [0.15, 0.2) is 24.3 Å². The van der Waals surface area contributed by atoms with E-state index in [0.717, 1.165) is 11.4 Å². The summed E-state index contributed by atoms with van der Waals surface area (Å²) in [6, 6.07) is 5.90. The maximum atomic E-state index is 12.0. The molecule has 22 heavy (non-hydrogen) atoms. The van der Waals surface area contributed by atoms with E-state index in [1.54, 1.807) is 6.07 Å². The molecule has 8 nitrogen and oxygen atoms in total. The van der Waals surface area contributed by atoms with E-state index in [-0.39, 0.29) is 11.4 Å². The van der Waals surface area contributed by atoms with Crippen LogP contribution in [-0.4, -0.2) is 27.1 Å². The minimum absolute atomic E-state index is 0.0432. The normalized spacial score (nSPS) is 11.7. The lowest BCUT2D eigenvalue weighted by molar-refractivity contribution is -0.386. The topological polar surface area (TPSA) is 107 Å². The number of benzene rings is 1. The molecule has 0 aliphatic carbocycles. The van der Waals surface area contributed by atoms with Crippen molar-refractivity contribution in [3.05, 3.63) is 39.4 Å². The number of para-hydroxylation sites is 2. The SMILES string of the molecule is CCc1nnc(NC(=O)C(C)Oc2ccccc2[N+](=O)[O-])s1. The smallest absolute Gasteiger partial charge is 0.310 e. The molecule has 0 saturated heterocycles. The van der Waals surface area contributed by atoms with E-state index < -0.39 is 16.9 Å². The Hall–Kier alpha value is -2.55. The summed E-state index contributed by atoms with van der Waals surface area (Å²) >= 11 is 1.28. The van der Waals surface area contributed by atoms with Crippen LogP contribution < -0.4 is 10.1 Å². The fourth-order valence-corrected chi connectivity index (χ4v) is 2.29. The van der Waals surface area contributed by atoms with Gasteiger partial charge in [0.2, 0.25) is 5.13 Å². The van der Waals surface area contributed by atoms with Crippen LogP contribution in [-0.2, 0) is 11.2 Å². The number of carbonyl (C=O) groups is 1. The summed E-state index contributed by atoms with van der Waals surface area (Å²) in [6.45, 7) is 3.44. The molecule has 1 amide bonds. The lowest BCUT2D eigenvalue weighted by Crippen LogP contribution is -2.30. The molecule has 1 unspecified atom stereocenters. The molecule has 0 aliphatic rings. The second kappa shape index (κ2) is 6.94. The number of aryl methyl sites for hydroxylation is 1. The first-order valence-electron chi connectivity index (χ1n) is 6.54. The lowest BCUT2D eigenvalue weighted by atomic mass is 10.3. The Morgan fingerprint density at radius 2 is 2.18 bits per heavy atom. The molecule has 1 aromatic heterocycles. The number of amides is 1. The van der Waals surface area contributed by atoms with Crippen molar-refractivity contribution in [3.63, 3.8) is 0 Å². The summed E-state index contributed by atoms with van der Waals surface area (Å²) in [5.74, 6) is -0.404. The molecule has 0 saturated carbocycles. The zero-order chi connectivity index (χ0) is 16.1. The fraction of sp³-hybridized carbons (Fsp3) is 0.308. The molecule has 1 heterocycles. The standard InChI is InChI=1S/C13H14N4O4S/c1-3-11-15-16-13(22-11)14-12(18)8(2)21-10-7-5-4-6-9(10)17(19)20/h4-8H,3H2,1-2H3,(H,14,16,18). The number of nitro benzene ring substituents is 1. The number of hydrogen-bond acceptors (Lipinski definition) is 7. The van der Waals surface area contributed by atoms with Gasteiger partial charge in [-0.05, 0) is 19.4 Å². The number of rotatable bonds is 6. The minimum atomic E-state index is -0.907. The van der Waals surface area contributed by atoms with E-state index in [1.165, 1.54) is 36.5 Å². The average Bonchev–Trinajstić information content (AvgIpc) is 2.95. The third-order valence-electron chi connectivity index (χ3n) is 2.73. The van der Waals surface area contributed by atoms with E-state index >= 15 is 0 Å². The largest absolute Gasteiger partial charge is 0.474 e. The molecule has 1 atom stereocenters. The Morgan fingerprint density at radius 1 is 1.45 bits per heavy atom. The highest BCUT2D eigenvalue weighted by molar-refractivity contribution is 7.15. The second-order valence-corrected chi connectivity index (χ2v) is 5.39. The molecule has 0 aliphatic heterocycles. The van der Waals surface area contributed by atoms with Gasteiger partial charge in [-0.15, -0.1) is 10.2 Å². The Bertz CT molecular complexity index is 688. The molecule has 116 valence electrons. The number of nitro groups is 1. The van der Waals surface area contributed by atoms with Crippen LogP contribution in [0, 0.1) is 10.1 Å². The van der Waals surface area contributed by atoms with Gasteiger partial charge in [-0.2, -0.15) is 0 Å². The second-order valence-electron chi connectivity index (χ2n) is 4.33. The first-order chi connectivity index (χ1) is 10.5. The first-order valence-corrected chi connectivity index (χ1v) is 7.36. The average molecular weight is 322 g/mol. The van der Waals surface area contributed by atoms with Crippen LogP contribution in [0.25, 0.3) is 0 Å². The number of nitrogens with one attached hydrogen (secondary N) is 1. The highest BCUT2D eigenvalue weighted by Gasteiger charge is 2.21. The van der Waals surface area contributed by atoms with Crippen LogP contribution in [0.1, 0.15) is 18.9 Å². The summed E-state index contributed by atoms with van der Waals surface area (Å²) in [7, 11) is 0. The number of nitrogens with zero attached hydrogens (tertiary/aromatic N) is 3. The molecule has 2 aromatic rings. The molecule has 0 spiro atoms. The summed E-state index contributed by atoms with van der Waals surface area (Å²) < 4.78 is 5.38. The highest BCUT2D eigenvalue weighted by atomic mass is 32.1. The highest BCUT2D eigenvalue weighted by Crippen LogP contribution is 2.27. The molecule has 0 fully saturated rings. The van der Waals surface area contributed by atoms with Crippen molar-refractivity contribution < 1.29 is 14.5 Å². The van der Waals surface area contributed by atoms with Gasteiger partial charge in [0.15, 0.2) is 11.9 Å². The summed E-state index contributed by atoms with van der Waals surface area (Å²) in [6.07, 6.45) is -0.175. The number of aromatic nitrogens is 2. The quantitative estimate of drug-likeness (QED) is 0.646. The lowest BCUT2D eigenvalue weighted by Gasteiger charge is -2.13. The zero-order valence-electron chi connectivity index (χ0n) is 12.0. The number of anilines is 1. The minimum Gasteiger partial charge on any atom is -0.474 e. The van der Waals surface area contributed by atoms with Gasteiger partial charge in [0.25, 0.3) is 5.91 Å². The van der Waals surface area contributed by atoms with Crippen molar-refractivity contribution in [1.82, 2.24) is 10.2 Å². The van der Waals surface area contributed by atoms with E-state index in [0.29, 0.717) is 5.13 Å². The Balaban J connectivity index is 2.04. The number of ether oxygens (including phenoxy) is 1. The summed E-state index contributed by atoms with van der Waals surface area (Å²) in [5, 5.41) is 22.4. The van der Waals surface area contributed by atoms with Crippen LogP contribution in [0.5, 0.6) is 5.75 Å². The van der Waals surface area contributed by atoms with E-state index in [4.69, 9.17) is 4.74 Å². The third-order valence-corrected chi connectivity index (χ3v) is 3.72. The summed E-state index contributed by atoms with van der Waals surface area (Å²) in [5.41, 5.74) is -0.189. The molecule has 2 rings (SSSR count). The van der Waals surface area contributed by atoms with Crippen molar-refractivity contribution >= 4 is 28.1 Å². The van der Waals surface area contributed by atoms with Gasteiger partial charge >= 0.3 is 5.69 Å². The van der Waals surface area contributed by atoms with Gasteiger partial charge in [0, 0.05) is 6.07 Å². The van der Waals surface area contributed by atoms with Crippen LogP contribution >= 0.6 is 11.3 Å². The molecule has 0 radical (unpaired) electrons. The van der Waals surface area contributed by atoms with E-state index in [1.807, 2.05) is 6.92 Å². The van der Waals surface area contributed by atoms with Crippen LogP contribution in [0.4, 0.5) is 10.8 Å². The predicted octanol–water partition coefficient (Wildman–Crippen LogP) is 2.41. The van der Waals surface area contributed by atoms with Gasteiger partial charge in [-0.3, -0.25) is 20.2 Å². The maximum Gasteiger partial charge on any atom is 0.310 e. The van der Waals surface area contributed by atoms with Crippen molar-refractivity contribution in [3.8, 4) is 5.75 Å². The third kappa shape index (κ3) is 3.76. The van der Waals surface area contributed by atoms with Crippen LogP contribution in [0.3, 0.4) is 0 Å².